The first-order valence-electron chi connectivity index (χ1n) is 14.7. The molecule has 0 saturated heterocycles. The highest BCUT2D eigenvalue weighted by Crippen LogP contribution is 2.29. The van der Waals surface area contributed by atoms with E-state index in [4.69, 9.17) is 18.0 Å². The lowest BCUT2D eigenvalue weighted by Gasteiger charge is -2.07. The topological polar surface area (TPSA) is 137 Å². The molecule has 9 nitrogen and oxygen atoms in total. The molecule has 13 heteroatoms. The Bertz CT molecular complexity index is 2560. The van der Waals surface area contributed by atoms with Gasteiger partial charge in [0.05, 0.1) is 28.1 Å². The van der Waals surface area contributed by atoms with E-state index in [2.05, 4.69) is 31.9 Å². The number of hydrogen-bond acceptors (Lipinski definition) is 9. The number of ether oxygens (including phenoxy) is 1. The summed E-state index contributed by atoms with van der Waals surface area (Å²) in [5.74, 6) is -1.78. The summed E-state index contributed by atoms with van der Waals surface area (Å²) in [6.45, 7) is 3.69. The van der Waals surface area contributed by atoms with Gasteiger partial charge in [-0.25, -0.2) is 28.0 Å². The second kappa shape index (κ2) is 15.4. The Morgan fingerprint density at radius 1 is 0.780 bits per heavy atom. The van der Waals surface area contributed by atoms with Gasteiger partial charge in [-0.1, -0.05) is 46.3 Å². The first-order chi connectivity index (χ1) is 23.9. The van der Waals surface area contributed by atoms with Crippen LogP contribution in [0.2, 0.25) is 0 Å². The minimum Gasteiger partial charge on any atom is -0.507 e. The number of aromatic hydroxyl groups is 1. The molecule has 0 unspecified atom stereocenters. The van der Waals surface area contributed by atoms with Crippen LogP contribution in [0.5, 0.6) is 5.75 Å². The molecule has 1 N–H and O–H groups in total. The summed E-state index contributed by atoms with van der Waals surface area (Å²) in [5, 5.41) is 10.7. The average Bonchev–Trinajstić information content (AvgIpc) is 3.07. The third kappa shape index (κ3) is 8.07. The molecule has 0 aliphatic carbocycles. The molecule has 0 aliphatic rings. The molecule has 0 radical (unpaired) electrons. The molecule has 3 aromatic heterocycles. The molecule has 0 aliphatic heterocycles. The SMILES string of the molecule is CCOC(=O)c1cc2cc(Br)cc(Br)c2oc1=O.Cc1c(-c2ccccc2)c(=O)oc2ccc(F)cc12.O=c1cc(O)c2cc(F)ccc2o1. The Hall–Kier alpha value is -5.40. The van der Waals surface area contributed by atoms with Gasteiger partial charge in [0.2, 0.25) is 0 Å². The number of halogens is 4. The molecular weight excluding hydrogens is 786 g/mol. The van der Waals surface area contributed by atoms with Crippen molar-refractivity contribution >= 4 is 70.7 Å². The van der Waals surface area contributed by atoms with Gasteiger partial charge < -0.3 is 23.1 Å². The van der Waals surface area contributed by atoms with Crippen molar-refractivity contribution in [3.05, 3.63) is 154 Å². The van der Waals surface area contributed by atoms with E-state index in [1.165, 1.54) is 30.3 Å². The zero-order chi connectivity index (χ0) is 36.1. The van der Waals surface area contributed by atoms with Crippen LogP contribution in [0.1, 0.15) is 22.8 Å². The van der Waals surface area contributed by atoms with E-state index in [0.29, 0.717) is 32.0 Å². The predicted molar refractivity (Wildman–Crippen MR) is 191 cm³/mol. The maximum absolute atomic E-state index is 13.3. The van der Waals surface area contributed by atoms with Crippen molar-refractivity contribution in [2.24, 2.45) is 0 Å². The smallest absolute Gasteiger partial charge is 0.351 e. The fourth-order valence-electron chi connectivity index (χ4n) is 4.89. The summed E-state index contributed by atoms with van der Waals surface area (Å²) in [4.78, 5) is 46.1. The molecule has 0 amide bonds. The quantitative estimate of drug-likeness (QED) is 0.137. The van der Waals surface area contributed by atoms with Gasteiger partial charge in [0.25, 0.3) is 0 Å². The number of benzene rings is 4. The highest BCUT2D eigenvalue weighted by Gasteiger charge is 2.16. The number of rotatable bonds is 3. The van der Waals surface area contributed by atoms with E-state index in [0.717, 1.165) is 33.8 Å². The van der Waals surface area contributed by atoms with E-state index in [1.54, 1.807) is 26.0 Å². The molecule has 0 saturated carbocycles. The molecule has 7 aromatic rings. The minimum absolute atomic E-state index is 0.102. The molecule has 3 heterocycles. The average molecular weight is 810 g/mol. The molecular formula is C37H24Br2F2O9. The van der Waals surface area contributed by atoms with Gasteiger partial charge in [0.1, 0.15) is 34.1 Å². The number of carbonyl (C=O) groups is 1. The Balaban J connectivity index is 0.000000148. The lowest BCUT2D eigenvalue weighted by Crippen LogP contribution is -2.16. The molecule has 0 bridgehead atoms. The lowest BCUT2D eigenvalue weighted by atomic mass is 10.00. The van der Waals surface area contributed by atoms with Gasteiger partial charge in [-0.2, -0.15) is 0 Å². The summed E-state index contributed by atoms with van der Waals surface area (Å²) >= 11 is 6.62. The van der Waals surface area contributed by atoms with E-state index in [9.17, 15) is 33.1 Å². The molecule has 7 rings (SSSR count). The zero-order valence-corrected chi connectivity index (χ0v) is 29.3. The summed E-state index contributed by atoms with van der Waals surface area (Å²) in [5.41, 5.74) is 1.11. The van der Waals surface area contributed by atoms with Gasteiger partial charge in [0.15, 0.2) is 5.58 Å². The van der Waals surface area contributed by atoms with Crippen LogP contribution < -0.4 is 16.9 Å². The first kappa shape index (κ1) is 35.9. The summed E-state index contributed by atoms with van der Waals surface area (Å²) in [7, 11) is 0. The fourth-order valence-corrected chi connectivity index (χ4v) is 6.23. The monoisotopic (exact) mass is 808 g/mol. The standard InChI is InChI=1S/C16H11FO2.C12H8Br2O4.C9H5FO3/c1-10-13-9-12(17)7-8-14(13)19-16(18)15(10)11-5-3-2-4-6-11;1-2-17-11(15)8-4-6-3-7(13)5-9(14)10(6)18-12(8)16;10-5-1-2-8-6(3-5)7(11)4-9(12)13-8/h2-9H,1H3;3-5H,2H2,1H3;1-4,11H. The maximum atomic E-state index is 13.3. The van der Waals surface area contributed by atoms with Crippen molar-refractivity contribution < 1.29 is 36.7 Å². The number of aryl methyl sites for hydroxylation is 1. The van der Waals surface area contributed by atoms with Gasteiger partial charge in [-0.3, -0.25) is 0 Å². The maximum Gasteiger partial charge on any atom is 0.351 e. The molecule has 0 spiro atoms. The number of hydrogen-bond donors (Lipinski definition) is 1. The Kier molecular flexibility index (Phi) is 11.1. The van der Waals surface area contributed by atoms with Crippen LogP contribution in [0.15, 0.2) is 128 Å². The largest absolute Gasteiger partial charge is 0.507 e. The van der Waals surface area contributed by atoms with E-state index >= 15 is 0 Å². The minimum atomic E-state index is -0.705. The van der Waals surface area contributed by atoms with Crippen LogP contribution in [0, 0.1) is 18.6 Å². The molecule has 0 atom stereocenters. The summed E-state index contributed by atoms with van der Waals surface area (Å²) < 4.78 is 47.4. The highest BCUT2D eigenvalue weighted by atomic mass is 79.9. The fraction of sp³-hybridized carbons (Fsp3) is 0.0811. The second-order valence-electron chi connectivity index (χ2n) is 10.5. The zero-order valence-electron chi connectivity index (χ0n) is 26.1. The second-order valence-corrected chi connectivity index (χ2v) is 12.2. The van der Waals surface area contributed by atoms with Crippen molar-refractivity contribution in [3.63, 3.8) is 0 Å². The van der Waals surface area contributed by atoms with Crippen molar-refractivity contribution in [2.75, 3.05) is 6.61 Å². The van der Waals surface area contributed by atoms with Crippen LogP contribution >= 0.6 is 31.9 Å². The third-order valence-corrected chi connectivity index (χ3v) is 8.17. The van der Waals surface area contributed by atoms with E-state index in [1.807, 2.05) is 30.3 Å². The van der Waals surface area contributed by atoms with Gasteiger partial charge in [-0.15, -0.1) is 0 Å². The van der Waals surface area contributed by atoms with Crippen LogP contribution in [0.25, 0.3) is 44.0 Å². The Labute approximate surface area is 297 Å². The van der Waals surface area contributed by atoms with E-state index < -0.39 is 28.7 Å². The Morgan fingerprint density at radius 3 is 2.08 bits per heavy atom. The molecule has 50 heavy (non-hydrogen) atoms. The van der Waals surface area contributed by atoms with Crippen molar-refractivity contribution in [2.45, 2.75) is 13.8 Å². The highest BCUT2D eigenvalue weighted by molar-refractivity contribution is 9.11. The Morgan fingerprint density at radius 2 is 1.42 bits per heavy atom. The summed E-state index contributed by atoms with van der Waals surface area (Å²) in [6.07, 6.45) is 0. The number of esters is 1. The van der Waals surface area contributed by atoms with E-state index in [-0.39, 0.29) is 34.7 Å². The van der Waals surface area contributed by atoms with Crippen LogP contribution in [0.4, 0.5) is 8.78 Å². The third-order valence-electron chi connectivity index (χ3n) is 7.12. The number of fused-ring (bicyclic) bond motifs is 3. The van der Waals surface area contributed by atoms with Gasteiger partial charge in [-0.05, 0) is 95.5 Å². The lowest BCUT2D eigenvalue weighted by molar-refractivity contribution is 0.0521. The normalized spacial score (nSPS) is 10.7. The van der Waals surface area contributed by atoms with Crippen molar-refractivity contribution in [1.29, 1.82) is 0 Å². The predicted octanol–water partition coefficient (Wildman–Crippen LogP) is 9.04. The van der Waals surface area contributed by atoms with Crippen molar-refractivity contribution in [1.82, 2.24) is 0 Å². The molecule has 254 valence electrons. The first-order valence-corrected chi connectivity index (χ1v) is 16.3. The van der Waals surface area contributed by atoms with Gasteiger partial charge >= 0.3 is 22.8 Å². The number of carbonyl (C=O) groups excluding carboxylic acids is 1. The molecule has 4 aromatic carbocycles. The van der Waals surface area contributed by atoms with Gasteiger partial charge in [0, 0.05) is 15.2 Å². The summed E-state index contributed by atoms with van der Waals surface area (Å²) in [6, 6.07) is 22.9. The van der Waals surface area contributed by atoms with Crippen LogP contribution in [-0.4, -0.2) is 17.7 Å². The van der Waals surface area contributed by atoms with Crippen LogP contribution in [-0.2, 0) is 4.74 Å². The van der Waals surface area contributed by atoms with Crippen LogP contribution in [0.3, 0.4) is 0 Å². The molecule has 0 fully saturated rings. The van der Waals surface area contributed by atoms with Crippen molar-refractivity contribution in [3.8, 4) is 16.9 Å².